The highest BCUT2D eigenvalue weighted by Crippen LogP contribution is 2.27. The SMILES string of the molecule is CC(=O)Oc1ccc(/C=c2/sc3nc(-c4ccccc4OC(C)=O)nn3c2=O)cc1. The van der Waals surface area contributed by atoms with E-state index in [-0.39, 0.29) is 5.56 Å². The van der Waals surface area contributed by atoms with Crippen LogP contribution in [0.25, 0.3) is 22.4 Å². The number of carbonyl (C=O) groups is 2. The molecule has 0 spiro atoms. The van der Waals surface area contributed by atoms with Gasteiger partial charge in [0.1, 0.15) is 11.5 Å². The molecule has 0 saturated heterocycles. The summed E-state index contributed by atoms with van der Waals surface area (Å²) in [4.78, 5) is 39.9. The quantitative estimate of drug-likeness (QED) is 0.368. The summed E-state index contributed by atoms with van der Waals surface area (Å²) in [6, 6.07) is 13.7. The van der Waals surface area contributed by atoms with E-state index in [0.29, 0.717) is 32.4 Å². The second kappa shape index (κ2) is 7.88. The maximum absolute atomic E-state index is 12.7. The molecule has 0 aliphatic rings. The molecule has 2 heterocycles. The first-order valence-electron chi connectivity index (χ1n) is 8.88. The molecular formula is C21H15N3O5S. The topological polar surface area (TPSA) is 99.9 Å². The van der Waals surface area contributed by atoms with Gasteiger partial charge in [0.2, 0.25) is 4.96 Å². The van der Waals surface area contributed by atoms with Crippen LogP contribution in [-0.2, 0) is 9.59 Å². The fraction of sp³-hybridized carbons (Fsp3) is 0.0952. The van der Waals surface area contributed by atoms with Crippen molar-refractivity contribution >= 4 is 34.3 Å². The van der Waals surface area contributed by atoms with Gasteiger partial charge in [0.05, 0.1) is 10.1 Å². The molecule has 8 nitrogen and oxygen atoms in total. The Kier molecular flexibility index (Phi) is 5.11. The van der Waals surface area contributed by atoms with Crippen molar-refractivity contribution in [1.82, 2.24) is 14.6 Å². The standard InChI is InChI=1S/C21H15N3O5S/c1-12(25)28-15-9-7-14(8-10-15)11-18-20(27)24-21(30-18)22-19(23-24)16-5-3-4-6-17(16)29-13(2)26/h3-11H,1-2H3/b18-11+. The van der Waals surface area contributed by atoms with Gasteiger partial charge in [-0.15, -0.1) is 5.10 Å². The predicted octanol–water partition coefficient (Wildman–Crippen LogP) is 2.22. The Morgan fingerprint density at radius 3 is 2.37 bits per heavy atom. The second-order valence-electron chi connectivity index (χ2n) is 6.30. The lowest BCUT2D eigenvalue weighted by Crippen LogP contribution is -2.23. The number of rotatable bonds is 4. The molecule has 9 heteroatoms. The lowest BCUT2D eigenvalue weighted by atomic mass is 10.2. The maximum Gasteiger partial charge on any atom is 0.308 e. The highest BCUT2D eigenvalue weighted by atomic mass is 32.1. The van der Waals surface area contributed by atoms with Crippen molar-refractivity contribution in [2.75, 3.05) is 0 Å². The van der Waals surface area contributed by atoms with Gasteiger partial charge in [0.15, 0.2) is 5.82 Å². The van der Waals surface area contributed by atoms with Crippen molar-refractivity contribution in [3.05, 3.63) is 69.0 Å². The Hall–Kier alpha value is -3.85. The summed E-state index contributed by atoms with van der Waals surface area (Å²) in [6.45, 7) is 2.64. The minimum atomic E-state index is -0.454. The molecule has 0 amide bonds. The van der Waals surface area contributed by atoms with Crippen molar-refractivity contribution in [3.63, 3.8) is 0 Å². The number of ether oxygens (including phenoxy) is 2. The lowest BCUT2D eigenvalue weighted by molar-refractivity contribution is -0.132. The highest BCUT2D eigenvalue weighted by molar-refractivity contribution is 7.15. The van der Waals surface area contributed by atoms with E-state index >= 15 is 0 Å². The van der Waals surface area contributed by atoms with Crippen molar-refractivity contribution in [3.8, 4) is 22.9 Å². The van der Waals surface area contributed by atoms with E-state index in [2.05, 4.69) is 10.1 Å². The number of para-hydroxylation sites is 1. The monoisotopic (exact) mass is 421 g/mol. The average molecular weight is 421 g/mol. The van der Waals surface area contributed by atoms with Crippen LogP contribution in [-0.4, -0.2) is 26.5 Å². The van der Waals surface area contributed by atoms with Crippen LogP contribution >= 0.6 is 11.3 Å². The van der Waals surface area contributed by atoms with Gasteiger partial charge in [-0.05, 0) is 35.9 Å². The summed E-state index contributed by atoms with van der Waals surface area (Å²) in [7, 11) is 0. The number of hydrogen-bond acceptors (Lipinski definition) is 8. The number of aromatic nitrogens is 3. The molecule has 0 aliphatic heterocycles. The molecule has 0 N–H and O–H groups in total. The Bertz CT molecular complexity index is 1370. The average Bonchev–Trinajstić information content (AvgIpc) is 3.23. The van der Waals surface area contributed by atoms with E-state index in [1.807, 2.05) is 0 Å². The Labute approximate surface area is 174 Å². The summed E-state index contributed by atoms with van der Waals surface area (Å²) in [5, 5.41) is 4.29. The Morgan fingerprint density at radius 1 is 1.00 bits per heavy atom. The molecule has 4 rings (SSSR count). The van der Waals surface area contributed by atoms with Crippen LogP contribution in [0.2, 0.25) is 0 Å². The number of hydrogen-bond donors (Lipinski definition) is 0. The van der Waals surface area contributed by atoms with Crippen molar-refractivity contribution in [2.24, 2.45) is 0 Å². The predicted molar refractivity (Wildman–Crippen MR) is 110 cm³/mol. The Balaban J connectivity index is 1.70. The van der Waals surface area contributed by atoms with Crippen LogP contribution in [0.15, 0.2) is 53.3 Å². The summed E-state index contributed by atoms with van der Waals surface area (Å²) >= 11 is 1.20. The number of esters is 2. The van der Waals surface area contributed by atoms with Gasteiger partial charge in [-0.1, -0.05) is 35.6 Å². The lowest BCUT2D eigenvalue weighted by Gasteiger charge is -2.04. The Morgan fingerprint density at radius 2 is 1.70 bits per heavy atom. The molecule has 0 fully saturated rings. The molecule has 0 radical (unpaired) electrons. The van der Waals surface area contributed by atoms with E-state index < -0.39 is 11.9 Å². The van der Waals surface area contributed by atoms with Crippen molar-refractivity contribution in [2.45, 2.75) is 13.8 Å². The largest absolute Gasteiger partial charge is 0.427 e. The van der Waals surface area contributed by atoms with Gasteiger partial charge in [-0.3, -0.25) is 14.4 Å². The highest BCUT2D eigenvalue weighted by Gasteiger charge is 2.16. The van der Waals surface area contributed by atoms with E-state index in [9.17, 15) is 14.4 Å². The van der Waals surface area contributed by atoms with Crippen LogP contribution in [0.4, 0.5) is 0 Å². The number of thiazole rings is 1. The normalized spacial score (nSPS) is 11.6. The molecule has 150 valence electrons. The summed E-state index contributed by atoms with van der Waals surface area (Å²) in [5.74, 6) is 0.207. The molecule has 0 atom stereocenters. The molecule has 2 aromatic heterocycles. The van der Waals surface area contributed by atoms with Gasteiger partial charge in [-0.2, -0.15) is 9.50 Å². The van der Waals surface area contributed by atoms with E-state index in [4.69, 9.17) is 9.47 Å². The van der Waals surface area contributed by atoms with Crippen LogP contribution in [0.3, 0.4) is 0 Å². The zero-order valence-corrected chi connectivity index (χ0v) is 16.8. The third kappa shape index (κ3) is 3.96. The molecule has 0 unspecified atom stereocenters. The van der Waals surface area contributed by atoms with Gasteiger partial charge < -0.3 is 9.47 Å². The summed E-state index contributed by atoms with van der Waals surface area (Å²) in [6.07, 6.45) is 1.72. The zero-order chi connectivity index (χ0) is 21.3. The fourth-order valence-electron chi connectivity index (χ4n) is 2.79. The van der Waals surface area contributed by atoms with Crippen LogP contribution in [0, 0.1) is 0 Å². The van der Waals surface area contributed by atoms with E-state index in [1.165, 1.54) is 29.7 Å². The number of nitrogens with zero attached hydrogens (tertiary/aromatic N) is 3. The third-order valence-corrected chi connectivity index (χ3v) is 4.96. The molecule has 2 aromatic carbocycles. The number of fused-ring (bicyclic) bond motifs is 1. The second-order valence-corrected chi connectivity index (χ2v) is 7.31. The smallest absolute Gasteiger partial charge is 0.308 e. The van der Waals surface area contributed by atoms with Crippen LogP contribution in [0.1, 0.15) is 19.4 Å². The molecule has 0 bridgehead atoms. The van der Waals surface area contributed by atoms with Gasteiger partial charge in [-0.25, -0.2) is 0 Å². The molecule has 0 aliphatic carbocycles. The third-order valence-electron chi connectivity index (χ3n) is 4.00. The van der Waals surface area contributed by atoms with Gasteiger partial charge >= 0.3 is 11.9 Å². The minimum absolute atomic E-state index is 0.299. The summed E-state index contributed by atoms with van der Waals surface area (Å²) < 4.78 is 11.9. The van der Waals surface area contributed by atoms with Crippen LogP contribution in [0.5, 0.6) is 11.5 Å². The maximum atomic E-state index is 12.7. The summed E-state index contributed by atoms with van der Waals surface area (Å²) in [5.41, 5.74) is 0.991. The number of carbonyl (C=O) groups excluding carboxylic acids is 2. The van der Waals surface area contributed by atoms with Crippen LogP contribution < -0.4 is 19.6 Å². The molecule has 0 saturated carbocycles. The first kappa shape index (κ1) is 19.5. The van der Waals surface area contributed by atoms with Crippen molar-refractivity contribution in [1.29, 1.82) is 0 Å². The molecular weight excluding hydrogens is 406 g/mol. The van der Waals surface area contributed by atoms with E-state index in [1.54, 1.807) is 54.6 Å². The molecule has 4 aromatic rings. The number of benzene rings is 2. The zero-order valence-electron chi connectivity index (χ0n) is 16.0. The first-order valence-corrected chi connectivity index (χ1v) is 9.70. The van der Waals surface area contributed by atoms with Crippen molar-refractivity contribution < 1.29 is 19.1 Å². The fourth-order valence-corrected chi connectivity index (χ4v) is 3.70. The van der Waals surface area contributed by atoms with E-state index in [0.717, 1.165) is 5.56 Å². The molecule has 30 heavy (non-hydrogen) atoms. The first-order chi connectivity index (χ1) is 14.4. The van der Waals surface area contributed by atoms with Gasteiger partial charge in [0.25, 0.3) is 5.56 Å². The van der Waals surface area contributed by atoms with Gasteiger partial charge in [0, 0.05) is 13.8 Å². The minimum Gasteiger partial charge on any atom is -0.427 e.